The molecule has 0 saturated carbocycles. The molecule has 2 aliphatic heterocycles. The fourth-order valence-electron chi connectivity index (χ4n) is 3.89. The number of ether oxygens (including phenoxy) is 2. The zero-order chi connectivity index (χ0) is 23.0. The molecule has 0 saturated heterocycles. The average Bonchev–Trinajstić information content (AvgIpc) is 3.18. The number of methoxy groups -OCH3 is 1. The number of likely N-dealkylation sites (N-methyl/N-ethyl adjacent to an activating group) is 1. The molecule has 2 aromatic carbocycles. The van der Waals surface area contributed by atoms with E-state index in [1.807, 2.05) is 0 Å². The maximum absolute atomic E-state index is 12.6. The number of carbonyl (C=O) groups is 2. The Morgan fingerprint density at radius 3 is 2.38 bits per heavy atom. The molecule has 32 heavy (non-hydrogen) atoms. The van der Waals surface area contributed by atoms with Crippen LogP contribution in [0.15, 0.2) is 82.0 Å². The van der Waals surface area contributed by atoms with Gasteiger partial charge in [-0.1, -0.05) is 30.3 Å². The molecule has 1 atom stereocenters. The summed E-state index contributed by atoms with van der Waals surface area (Å²) in [6, 6.07) is 14.0. The maximum atomic E-state index is 12.6. The predicted molar refractivity (Wildman–Crippen MR) is 114 cm³/mol. The zero-order valence-electron chi connectivity index (χ0n) is 17.7. The van der Waals surface area contributed by atoms with Crippen molar-refractivity contribution >= 4 is 22.1 Å². The van der Waals surface area contributed by atoms with Gasteiger partial charge in [-0.25, -0.2) is 9.59 Å². The van der Waals surface area contributed by atoms with Gasteiger partial charge >= 0.3 is 22.1 Å². The molecule has 0 N–H and O–H groups in total. The summed E-state index contributed by atoms with van der Waals surface area (Å²) in [4.78, 5) is 26.9. The molecule has 0 aliphatic carbocycles. The Hall–Kier alpha value is -3.59. The largest absolute Gasteiger partial charge is 0.466 e. The number of hydrogen-bond donors (Lipinski definition) is 0. The smallest absolute Gasteiger partial charge is 0.339 e. The van der Waals surface area contributed by atoms with E-state index < -0.39 is 28.0 Å². The Morgan fingerprint density at radius 2 is 1.75 bits per heavy atom. The average molecular weight is 455 g/mol. The second-order valence-electron chi connectivity index (χ2n) is 7.34. The van der Waals surface area contributed by atoms with Gasteiger partial charge in [-0.3, -0.25) is 0 Å². The molecule has 2 aromatic rings. The lowest BCUT2D eigenvalue weighted by Crippen LogP contribution is -2.31. The van der Waals surface area contributed by atoms with Gasteiger partial charge in [0.15, 0.2) is 0 Å². The summed E-state index contributed by atoms with van der Waals surface area (Å²) in [5, 5.41) is 0. The summed E-state index contributed by atoms with van der Waals surface area (Å²) in [7, 11) is -0.951. The van der Waals surface area contributed by atoms with Gasteiger partial charge < -0.3 is 18.6 Å². The van der Waals surface area contributed by atoms with Crippen LogP contribution in [0.2, 0.25) is 0 Å². The van der Waals surface area contributed by atoms with Gasteiger partial charge in [0.1, 0.15) is 17.3 Å². The van der Waals surface area contributed by atoms with Crippen molar-refractivity contribution in [1.29, 1.82) is 0 Å². The molecule has 4 rings (SSSR count). The summed E-state index contributed by atoms with van der Waals surface area (Å²) in [5.41, 5.74) is 2.61. The van der Waals surface area contributed by atoms with Crippen molar-refractivity contribution in [2.75, 3.05) is 20.8 Å². The Balaban J connectivity index is 1.71. The highest BCUT2D eigenvalue weighted by molar-refractivity contribution is 7.87. The minimum absolute atomic E-state index is 0.0365. The molecule has 8 nitrogen and oxygen atoms in total. The van der Waals surface area contributed by atoms with E-state index in [0.29, 0.717) is 28.1 Å². The molecule has 0 aromatic heterocycles. The van der Waals surface area contributed by atoms with Crippen LogP contribution in [-0.2, 0) is 29.2 Å². The van der Waals surface area contributed by atoms with Crippen LogP contribution in [-0.4, -0.2) is 46.0 Å². The van der Waals surface area contributed by atoms with Gasteiger partial charge in [0, 0.05) is 12.7 Å². The van der Waals surface area contributed by atoms with Crippen LogP contribution < -0.4 is 4.18 Å². The van der Waals surface area contributed by atoms with Crippen LogP contribution in [0.1, 0.15) is 18.4 Å². The van der Waals surface area contributed by atoms with Crippen LogP contribution in [0.4, 0.5) is 0 Å². The fraction of sp³-hybridized carbons (Fsp3) is 0.217. The van der Waals surface area contributed by atoms with Crippen molar-refractivity contribution in [3.63, 3.8) is 0 Å². The number of benzene rings is 2. The predicted octanol–water partition coefficient (Wildman–Crippen LogP) is 2.74. The van der Waals surface area contributed by atoms with E-state index in [1.165, 1.54) is 31.4 Å². The van der Waals surface area contributed by atoms with Crippen molar-refractivity contribution < 1.29 is 31.7 Å². The molecule has 166 valence electrons. The molecule has 0 spiro atoms. The van der Waals surface area contributed by atoms with Crippen LogP contribution in [0.25, 0.3) is 0 Å². The lowest BCUT2D eigenvalue weighted by molar-refractivity contribution is -0.136. The minimum atomic E-state index is -3.99. The fourth-order valence-corrected chi connectivity index (χ4v) is 4.84. The summed E-state index contributed by atoms with van der Waals surface area (Å²) in [6.45, 7) is 1.89. The van der Waals surface area contributed by atoms with Crippen LogP contribution in [0, 0.1) is 0 Å². The molecule has 0 bridgehead atoms. The van der Waals surface area contributed by atoms with Gasteiger partial charge in [-0.05, 0) is 36.8 Å². The first-order valence-electron chi connectivity index (χ1n) is 9.77. The number of hydrogen-bond acceptors (Lipinski definition) is 8. The van der Waals surface area contributed by atoms with E-state index >= 15 is 0 Å². The third kappa shape index (κ3) is 3.64. The Bertz CT molecular complexity index is 1250. The number of nitrogens with zero attached hydrogens (tertiary/aromatic N) is 1. The summed E-state index contributed by atoms with van der Waals surface area (Å²) in [6.07, 6.45) is 0. The van der Waals surface area contributed by atoms with Gasteiger partial charge in [-0.15, -0.1) is 0 Å². The molecule has 2 aliphatic rings. The second-order valence-corrected chi connectivity index (χ2v) is 8.89. The summed E-state index contributed by atoms with van der Waals surface area (Å²) >= 11 is 0. The zero-order valence-corrected chi connectivity index (χ0v) is 18.5. The topological polar surface area (TPSA) is 99.2 Å². The van der Waals surface area contributed by atoms with E-state index in [2.05, 4.69) is 0 Å². The van der Waals surface area contributed by atoms with Crippen molar-refractivity contribution in [3.05, 3.63) is 82.7 Å². The van der Waals surface area contributed by atoms with E-state index in [1.54, 1.807) is 49.2 Å². The normalized spacial score (nSPS) is 18.4. The molecular weight excluding hydrogens is 434 g/mol. The Kier molecular flexibility index (Phi) is 5.52. The molecular formula is C23H21NO7S. The molecule has 0 amide bonds. The van der Waals surface area contributed by atoms with Crippen molar-refractivity contribution in [2.24, 2.45) is 0 Å². The Morgan fingerprint density at radius 1 is 1.09 bits per heavy atom. The number of esters is 2. The molecule has 0 fully saturated rings. The highest BCUT2D eigenvalue weighted by Crippen LogP contribution is 2.44. The highest BCUT2D eigenvalue weighted by Gasteiger charge is 2.43. The van der Waals surface area contributed by atoms with Crippen LogP contribution in [0.3, 0.4) is 0 Å². The number of cyclic esters (lactones) is 1. The van der Waals surface area contributed by atoms with Gasteiger partial charge in [0.05, 0.1) is 29.9 Å². The van der Waals surface area contributed by atoms with Gasteiger partial charge in [0.2, 0.25) is 0 Å². The van der Waals surface area contributed by atoms with E-state index in [4.69, 9.17) is 13.7 Å². The standard InChI is InChI=1S/C23H21NO7S/c1-14-19(22(25)29-3)20(21-18(24(14)2)13-30-23(21)26)15-9-11-16(12-10-15)31-32(27,28)17-7-5-4-6-8-17/h4-12,20H,13H2,1-3H3. The van der Waals surface area contributed by atoms with Crippen molar-refractivity contribution in [2.45, 2.75) is 17.7 Å². The summed E-state index contributed by atoms with van der Waals surface area (Å²) in [5.74, 6) is -1.66. The first kappa shape index (κ1) is 21.6. The van der Waals surface area contributed by atoms with Crippen LogP contribution >= 0.6 is 0 Å². The van der Waals surface area contributed by atoms with E-state index in [0.717, 1.165) is 0 Å². The first-order valence-corrected chi connectivity index (χ1v) is 11.2. The molecule has 0 radical (unpaired) electrons. The maximum Gasteiger partial charge on any atom is 0.339 e. The lowest BCUT2D eigenvalue weighted by Gasteiger charge is -2.33. The second kappa shape index (κ2) is 8.16. The van der Waals surface area contributed by atoms with Gasteiger partial charge in [0.25, 0.3) is 0 Å². The van der Waals surface area contributed by atoms with E-state index in [-0.39, 0.29) is 17.3 Å². The summed E-state index contributed by atoms with van der Waals surface area (Å²) < 4.78 is 40.4. The number of rotatable bonds is 5. The molecule has 2 heterocycles. The lowest BCUT2D eigenvalue weighted by atomic mass is 9.80. The van der Waals surface area contributed by atoms with Crippen molar-refractivity contribution in [1.82, 2.24) is 4.90 Å². The molecule has 9 heteroatoms. The third-order valence-corrected chi connectivity index (χ3v) is 6.86. The first-order chi connectivity index (χ1) is 15.2. The van der Waals surface area contributed by atoms with Crippen LogP contribution in [0.5, 0.6) is 5.75 Å². The Labute approximate surface area is 185 Å². The molecule has 1 unspecified atom stereocenters. The van der Waals surface area contributed by atoms with Crippen molar-refractivity contribution in [3.8, 4) is 5.75 Å². The van der Waals surface area contributed by atoms with Gasteiger partial charge in [-0.2, -0.15) is 8.42 Å². The monoisotopic (exact) mass is 455 g/mol. The third-order valence-electron chi connectivity index (χ3n) is 5.60. The van der Waals surface area contributed by atoms with E-state index in [9.17, 15) is 18.0 Å². The number of allylic oxidation sites excluding steroid dienone is 1. The minimum Gasteiger partial charge on any atom is -0.466 e. The number of carbonyl (C=O) groups excluding carboxylic acids is 2. The quantitative estimate of drug-likeness (QED) is 0.501. The highest BCUT2D eigenvalue weighted by atomic mass is 32.2. The SMILES string of the molecule is COC(=O)C1=C(C)N(C)C2=C(C(=O)OC2)C1c1ccc(OS(=O)(=O)c2ccccc2)cc1.